The lowest BCUT2D eigenvalue weighted by atomic mass is 10.0. The molecule has 7 heteroatoms. The van der Waals surface area contributed by atoms with Gasteiger partial charge in [0.25, 0.3) is 5.91 Å². The standard InChI is InChI=1S/C16H11ClN4O2/c1-10-11(6-18)2-4-14(13(10)7-19)23-9-16(22)21-15-5-3-12(17)8-20-15/h2-5,8H,9H2,1H3,(H,20,21,22). The summed E-state index contributed by atoms with van der Waals surface area (Å²) in [5, 5.41) is 21.1. The number of hydrogen-bond acceptors (Lipinski definition) is 5. The number of benzene rings is 1. The van der Waals surface area contributed by atoms with E-state index in [1.165, 1.54) is 12.3 Å². The van der Waals surface area contributed by atoms with Gasteiger partial charge in [-0.15, -0.1) is 0 Å². The number of aromatic nitrogens is 1. The van der Waals surface area contributed by atoms with Crippen LogP contribution in [0, 0.1) is 29.6 Å². The number of nitrogens with one attached hydrogen (secondary N) is 1. The van der Waals surface area contributed by atoms with Gasteiger partial charge in [-0.3, -0.25) is 4.79 Å². The summed E-state index contributed by atoms with van der Waals surface area (Å²) >= 11 is 5.71. The van der Waals surface area contributed by atoms with Crippen molar-refractivity contribution in [2.24, 2.45) is 0 Å². The third-order valence-electron chi connectivity index (χ3n) is 3.01. The number of rotatable bonds is 4. The Kier molecular flexibility index (Phi) is 5.14. The van der Waals surface area contributed by atoms with Crippen LogP contribution in [0.4, 0.5) is 5.82 Å². The van der Waals surface area contributed by atoms with Crippen molar-refractivity contribution in [3.8, 4) is 17.9 Å². The van der Waals surface area contributed by atoms with E-state index in [9.17, 15) is 10.1 Å². The quantitative estimate of drug-likeness (QED) is 0.931. The lowest BCUT2D eigenvalue weighted by Crippen LogP contribution is -2.21. The molecule has 0 aliphatic heterocycles. The Bertz CT molecular complexity index is 820. The van der Waals surface area contributed by atoms with Gasteiger partial charge in [-0.2, -0.15) is 10.5 Å². The highest BCUT2D eigenvalue weighted by Gasteiger charge is 2.12. The molecule has 0 aliphatic rings. The van der Waals surface area contributed by atoms with Gasteiger partial charge in [-0.25, -0.2) is 4.98 Å². The van der Waals surface area contributed by atoms with Crippen molar-refractivity contribution in [3.05, 3.63) is 52.2 Å². The summed E-state index contributed by atoms with van der Waals surface area (Å²) in [6, 6.07) is 10.2. The van der Waals surface area contributed by atoms with Crippen molar-refractivity contribution in [2.45, 2.75) is 6.92 Å². The molecule has 0 unspecified atom stereocenters. The summed E-state index contributed by atoms with van der Waals surface area (Å²) in [6.45, 7) is 1.37. The minimum absolute atomic E-state index is 0.237. The van der Waals surface area contributed by atoms with Crippen LogP contribution in [-0.4, -0.2) is 17.5 Å². The second kappa shape index (κ2) is 7.26. The molecule has 0 saturated heterocycles. The smallest absolute Gasteiger partial charge is 0.263 e. The van der Waals surface area contributed by atoms with Gasteiger partial charge >= 0.3 is 0 Å². The highest BCUT2D eigenvalue weighted by atomic mass is 35.5. The number of amides is 1. The van der Waals surface area contributed by atoms with Crippen molar-refractivity contribution in [2.75, 3.05) is 11.9 Å². The molecule has 0 saturated carbocycles. The molecule has 1 aromatic heterocycles. The van der Waals surface area contributed by atoms with Gasteiger partial charge in [-0.05, 0) is 36.8 Å². The molecule has 1 heterocycles. The summed E-state index contributed by atoms with van der Waals surface area (Å²) in [5.74, 6) is 0.174. The zero-order valence-corrected chi connectivity index (χ0v) is 12.9. The van der Waals surface area contributed by atoms with Gasteiger partial charge in [-0.1, -0.05) is 11.6 Å². The summed E-state index contributed by atoms with van der Waals surface area (Å²) in [7, 11) is 0. The molecule has 0 radical (unpaired) electrons. The number of carbonyl (C=O) groups is 1. The number of pyridine rings is 1. The zero-order chi connectivity index (χ0) is 16.8. The van der Waals surface area contributed by atoms with E-state index in [4.69, 9.17) is 21.6 Å². The molecule has 1 N–H and O–H groups in total. The molecule has 6 nitrogen and oxygen atoms in total. The molecule has 1 aromatic carbocycles. The number of anilines is 1. The molecule has 1 amide bonds. The van der Waals surface area contributed by atoms with Crippen molar-refractivity contribution < 1.29 is 9.53 Å². The lowest BCUT2D eigenvalue weighted by Gasteiger charge is -2.10. The first-order valence-electron chi connectivity index (χ1n) is 6.53. The third-order valence-corrected chi connectivity index (χ3v) is 3.24. The number of nitriles is 2. The van der Waals surface area contributed by atoms with Crippen LogP contribution in [0.5, 0.6) is 5.75 Å². The summed E-state index contributed by atoms with van der Waals surface area (Å²) in [6.07, 6.45) is 1.41. The van der Waals surface area contributed by atoms with Gasteiger partial charge in [0, 0.05) is 6.20 Å². The van der Waals surface area contributed by atoms with E-state index in [-0.39, 0.29) is 17.9 Å². The number of ether oxygens (including phenoxy) is 1. The van der Waals surface area contributed by atoms with Crippen LogP contribution in [0.15, 0.2) is 30.5 Å². The van der Waals surface area contributed by atoms with Crippen molar-refractivity contribution in [3.63, 3.8) is 0 Å². The van der Waals surface area contributed by atoms with E-state index in [1.807, 2.05) is 12.1 Å². The van der Waals surface area contributed by atoms with Crippen molar-refractivity contribution in [1.82, 2.24) is 4.98 Å². The third kappa shape index (κ3) is 3.97. The summed E-state index contributed by atoms with van der Waals surface area (Å²) in [5.41, 5.74) is 1.15. The first kappa shape index (κ1) is 16.3. The Morgan fingerprint density at radius 1 is 1.30 bits per heavy atom. The monoisotopic (exact) mass is 326 g/mol. The average Bonchev–Trinajstić information content (AvgIpc) is 2.55. The predicted molar refractivity (Wildman–Crippen MR) is 84.0 cm³/mol. The van der Waals surface area contributed by atoms with Crippen LogP contribution >= 0.6 is 11.6 Å². The summed E-state index contributed by atoms with van der Waals surface area (Å²) in [4.78, 5) is 15.8. The first-order valence-corrected chi connectivity index (χ1v) is 6.91. The number of nitrogens with zero attached hydrogens (tertiary/aromatic N) is 3. The Hall–Kier alpha value is -3.09. The Morgan fingerprint density at radius 2 is 2.09 bits per heavy atom. The van der Waals surface area contributed by atoms with Crippen LogP contribution in [-0.2, 0) is 4.79 Å². The molecule has 114 valence electrons. The Balaban J connectivity index is 2.05. The molecule has 0 atom stereocenters. The van der Waals surface area contributed by atoms with Crippen LogP contribution in [0.1, 0.15) is 16.7 Å². The average molecular weight is 327 g/mol. The Morgan fingerprint density at radius 3 is 2.70 bits per heavy atom. The summed E-state index contributed by atoms with van der Waals surface area (Å²) < 4.78 is 5.37. The maximum atomic E-state index is 11.8. The highest BCUT2D eigenvalue weighted by Crippen LogP contribution is 2.24. The van der Waals surface area contributed by atoms with Gasteiger partial charge in [0.1, 0.15) is 17.6 Å². The van der Waals surface area contributed by atoms with Gasteiger partial charge in [0.05, 0.1) is 22.2 Å². The Labute approximate surface area is 137 Å². The number of hydrogen-bond donors (Lipinski definition) is 1. The van der Waals surface area contributed by atoms with Gasteiger partial charge in [0.15, 0.2) is 6.61 Å². The molecule has 0 fully saturated rings. The van der Waals surface area contributed by atoms with E-state index in [1.54, 1.807) is 25.1 Å². The fourth-order valence-corrected chi connectivity index (χ4v) is 1.95. The number of halogens is 1. The van der Waals surface area contributed by atoms with Gasteiger partial charge < -0.3 is 10.1 Å². The molecule has 23 heavy (non-hydrogen) atoms. The minimum atomic E-state index is -0.425. The first-order chi connectivity index (χ1) is 11.0. The second-order valence-corrected chi connectivity index (χ2v) is 4.97. The van der Waals surface area contributed by atoms with Crippen molar-refractivity contribution in [1.29, 1.82) is 10.5 Å². The zero-order valence-electron chi connectivity index (χ0n) is 12.1. The maximum absolute atomic E-state index is 11.8. The van der Waals surface area contributed by atoms with Gasteiger partial charge in [0.2, 0.25) is 0 Å². The molecule has 0 bridgehead atoms. The maximum Gasteiger partial charge on any atom is 0.263 e. The van der Waals surface area contributed by atoms with E-state index < -0.39 is 5.91 Å². The molecule has 2 rings (SSSR count). The molecular weight excluding hydrogens is 316 g/mol. The highest BCUT2D eigenvalue weighted by molar-refractivity contribution is 6.30. The van der Waals surface area contributed by atoms with Crippen molar-refractivity contribution >= 4 is 23.3 Å². The minimum Gasteiger partial charge on any atom is -0.482 e. The normalized spacial score (nSPS) is 9.57. The molecular formula is C16H11ClN4O2. The van der Waals surface area contributed by atoms with Crippen LogP contribution in [0.3, 0.4) is 0 Å². The van der Waals surface area contributed by atoms with E-state index in [2.05, 4.69) is 10.3 Å². The second-order valence-electron chi connectivity index (χ2n) is 4.53. The fourth-order valence-electron chi connectivity index (χ4n) is 1.84. The largest absolute Gasteiger partial charge is 0.482 e. The lowest BCUT2D eigenvalue weighted by molar-refractivity contribution is -0.118. The van der Waals surface area contributed by atoms with E-state index in [0.29, 0.717) is 22.0 Å². The SMILES string of the molecule is Cc1c(C#N)ccc(OCC(=O)Nc2ccc(Cl)cn2)c1C#N. The van der Waals surface area contributed by atoms with E-state index >= 15 is 0 Å². The molecule has 0 aliphatic carbocycles. The number of carbonyl (C=O) groups excluding carboxylic acids is 1. The van der Waals surface area contributed by atoms with Crippen LogP contribution in [0.2, 0.25) is 5.02 Å². The molecule has 2 aromatic rings. The predicted octanol–water partition coefficient (Wildman–Crippen LogP) is 2.80. The van der Waals surface area contributed by atoms with E-state index in [0.717, 1.165) is 0 Å². The fraction of sp³-hybridized carbons (Fsp3) is 0.125. The molecule has 0 spiro atoms. The van der Waals surface area contributed by atoms with Crippen LogP contribution < -0.4 is 10.1 Å². The van der Waals surface area contributed by atoms with Crippen LogP contribution in [0.25, 0.3) is 0 Å². The topological polar surface area (TPSA) is 98.8 Å².